The number of amides is 1. The molecule has 0 atom stereocenters. The number of carbonyl (C=O) groups is 2. The van der Waals surface area contributed by atoms with Crippen LogP contribution in [0, 0.1) is 5.41 Å². The van der Waals surface area contributed by atoms with E-state index >= 15 is 0 Å². The zero-order valence-corrected chi connectivity index (χ0v) is 12.6. The third-order valence-corrected chi connectivity index (χ3v) is 4.13. The molecule has 1 aliphatic carbocycles. The maximum atomic E-state index is 11.9. The molecule has 0 unspecified atom stereocenters. The van der Waals surface area contributed by atoms with Crippen LogP contribution >= 0.6 is 0 Å². The van der Waals surface area contributed by atoms with E-state index in [1.165, 1.54) is 0 Å². The Labute approximate surface area is 125 Å². The number of methoxy groups -OCH3 is 1. The lowest BCUT2D eigenvalue weighted by atomic mass is 10.0. The summed E-state index contributed by atoms with van der Waals surface area (Å²) >= 11 is 0. The molecule has 0 aliphatic heterocycles. The molecule has 21 heavy (non-hydrogen) atoms. The molecule has 114 valence electrons. The SMILES string of the molecule is COCCC1(CNC(=O)CCC(=O)c2ccccc2)CC1. The molecule has 0 saturated heterocycles. The van der Waals surface area contributed by atoms with Crippen LogP contribution < -0.4 is 5.32 Å². The molecule has 0 radical (unpaired) electrons. The standard InChI is InChI=1S/C17H23NO3/c1-21-12-11-17(9-10-17)13-18-16(20)8-7-15(19)14-5-3-2-4-6-14/h2-6H,7-13H2,1H3,(H,18,20). The molecule has 0 heterocycles. The highest BCUT2D eigenvalue weighted by Crippen LogP contribution is 2.48. The second-order valence-corrected chi connectivity index (χ2v) is 5.81. The Morgan fingerprint density at radius 3 is 2.52 bits per heavy atom. The lowest BCUT2D eigenvalue weighted by molar-refractivity contribution is -0.121. The molecular formula is C17H23NO3. The summed E-state index contributed by atoms with van der Waals surface area (Å²) in [6.45, 7) is 1.44. The highest BCUT2D eigenvalue weighted by atomic mass is 16.5. The normalized spacial score (nSPS) is 15.5. The van der Waals surface area contributed by atoms with Crippen molar-refractivity contribution in [2.24, 2.45) is 5.41 Å². The van der Waals surface area contributed by atoms with Crippen LogP contribution in [-0.4, -0.2) is 32.0 Å². The van der Waals surface area contributed by atoms with Crippen molar-refractivity contribution < 1.29 is 14.3 Å². The second kappa shape index (κ2) is 7.36. The molecule has 1 aromatic rings. The third-order valence-electron chi connectivity index (χ3n) is 4.13. The van der Waals surface area contributed by atoms with Gasteiger partial charge in [0, 0.05) is 38.7 Å². The lowest BCUT2D eigenvalue weighted by Crippen LogP contribution is -2.31. The van der Waals surface area contributed by atoms with Crippen molar-refractivity contribution in [3.05, 3.63) is 35.9 Å². The number of hydrogen-bond donors (Lipinski definition) is 1. The minimum atomic E-state index is -0.0389. The maximum Gasteiger partial charge on any atom is 0.220 e. The summed E-state index contributed by atoms with van der Waals surface area (Å²) in [6, 6.07) is 9.10. The van der Waals surface area contributed by atoms with Crippen LogP contribution in [0.25, 0.3) is 0 Å². The molecule has 1 aliphatic rings. The van der Waals surface area contributed by atoms with Gasteiger partial charge in [-0.05, 0) is 24.7 Å². The Balaban J connectivity index is 1.67. The number of hydrogen-bond acceptors (Lipinski definition) is 3. The molecule has 1 fully saturated rings. The Kier molecular flexibility index (Phi) is 5.51. The Bertz CT molecular complexity index is 480. The fourth-order valence-corrected chi connectivity index (χ4v) is 2.38. The Morgan fingerprint density at radius 1 is 1.19 bits per heavy atom. The van der Waals surface area contributed by atoms with E-state index in [4.69, 9.17) is 4.74 Å². The summed E-state index contributed by atoms with van der Waals surface area (Å²) in [5.41, 5.74) is 0.916. The van der Waals surface area contributed by atoms with Crippen LogP contribution in [0.4, 0.5) is 0 Å². The van der Waals surface area contributed by atoms with Gasteiger partial charge in [-0.3, -0.25) is 9.59 Å². The number of carbonyl (C=O) groups excluding carboxylic acids is 2. The van der Waals surface area contributed by atoms with Crippen molar-refractivity contribution in [3.63, 3.8) is 0 Å². The molecule has 4 nitrogen and oxygen atoms in total. The van der Waals surface area contributed by atoms with E-state index < -0.39 is 0 Å². The molecule has 1 aromatic carbocycles. The smallest absolute Gasteiger partial charge is 0.220 e. The summed E-state index contributed by atoms with van der Waals surface area (Å²) in [6.07, 6.45) is 3.82. The molecule has 0 bridgehead atoms. The van der Waals surface area contributed by atoms with Gasteiger partial charge in [-0.2, -0.15) is 0 Å². The Hall–Kier alpha value is -1.68. The van der Waals surface area contributed by atoms with Gasteiger partial charge in [-0.15, -0.1) is 0 Å². The quantitative estimate of drug-likeness (QED) is 0.711. The summed E-state index contributed by atoms with van der Waals surface area (Å²) in [4.78, 5) is 23.7. The molecule has 1 amide bonds. The average molecular weight is 289 g/mol. The first-order chi connectivity index (χ1) is 10.2. The van der Waals surface area contributed by atoms with Gasteiger partial charge in [0.15, 0.2) is 5.78 Å². The van der Waals surface area contributed by atoms with Crippen molar-refractivity contribution in [2.45, 2.75) is 32.1 Å². The minimum absolute atomic E-state index is 0.0197. The van der Waals surface area contributed by atoms with Crippen LogP contribution in [0.3, 0.4) is 0 Å². The molecule has 0 spiro atoms. The lowest BCUT2D eigenvalue weighted by Gasteiger charge is -2.15. The summed E-state index contributed by atoms with van der Waals surface area (Å²) < 4.78 is 5.10. The number of benzene rings is 1. The highest BCUT2D eigenvalue weighted by Gasteiger charge is 2.41. The van der Waals surface area contributed by atoms with Crippen molar-refractivity contribution in [1.82, 2.24) is 5.32 Å². The van der Waals surface area contributed by atoms with Gasteiger partial charge in [0.1, 0.15) is 0 Å². The van der Waals surface area contributed by atoms with E-state index in [9.17, 15) is 9.59 Å². The fraction of sp³-hybridized carbons (Fsp3) is 0.529. The van der Waals surface area contributed by atoms with Crippen LogP contribution in [-0.2, 0) is 9.53 Å². The predicted molar refractivity (Wildman–Crippen MR) is 81.2 cm³/mol. The first kappa shape index (κ1) is 15.7. The highest BCUT2D eigenvalue weighted by molar-refractivity contribution is 5.97. The number of Topliss-reactive ketones (excluding diaryl/α,β-unsaturated/α-hetero) is 1. The molecule has 1 saturated carbocycles. The van der Waals surface area contributed by atoms with Gasteiger partial charge in [0.2, 0.25) is 5.91 Å². The van der Waals surface area contributed by atoms with Crippen LogP contribution in [0.2, 0.25) is 0 Å². The van der Waals surface area contributed by atoms with Gasteiger partial charge < -0.3 is 10.1 Å². The monoisotopic (exact) mass is 289 g/mol. The van der Waals surface area contributed by atoms with Crippen molar-refractivity contribution in [2.75, 3.05) is 20.3 Å². The van der Waals surface area contributed by atoms with Gasteiger partial charge in [0.05, 0.1) is 0 Å². The van der Waals surface area contributed by atoms with E-state index in [1.807, 2.05) is 18.2 Å². The molecule has 1 N–H and O–H groups in total. The van der Waals surface area contributed by atoms with Gasteiger partial charge in [0.25, 0.3) is 0 Å². The number of rotatable bonds is 9. The summed E-state index contributed by atoms with van der Waals surface area (Å²) in [5.74, 6) is -0.0192. The largest absolute Gasteiger partial charge is 0.385 e. The molecule has 0 aromatic heterocycles. The van der Waals surface area contributed by atoms with Gasteiger partial charge in [-0.1, -0.05) is 30.3 Å². The summed E-state index contributed by atoms with van der Waals surface area (Å²) in [7, 11) is 1.70. The fourth-order valence-electron chi connectivity index (χ4n) is 2.38. The number of ether oxygens (including phenoxy) is 1. The average Bonchev–Trinajstić information content (AvgIpc) is 3.30. The van der Waals surface area contributed by atoms with Crippen molar-refractivity contribution in [1.29, 1.82) is 0 Å². The number of nitrogens with one attached hydrogen (secondary N) is 1. The van der Waals surface area contributed by atoms with Crippen molar-refractivity contribution in [3.8, 4) is 0 Å². The van der Waals surface area contributed by atoms with Crippen molar-refractivity contribution >= 4 is 11.7 Å². The van der Waals surface area contributed by atoms with Gasteiger partial charge >= 0.3 is 0 Å². The maximum absolute atomic E-state index is 11.9. The Morgan fingerprint density at radius 2 is 1.90 bits per heavy atom. The van der Waals surface area contributed by atoms with Crippen LogP contribution in [0.5, 0.6) is 0 Å². The first-order valence-electron chi connectivity index (χ1n) is 7.49. The topological polar surface area (TPSA) is 55.4 Å². The van der Waals surface area contributed by atoms with Crippen LogP contribution in [0.1, 0.15) is 42.5 Å². The van der Waals surface area contributed by atoms with E-state index in [1.54, 1.807) is 19.2 Å². The van der Waals surface area contributed by atoms with E-state index in [0.29, 0.717) is 12.1 Å². The van der Waals surface area contributed by atoms with E-state index in [-0.39, 0.29) is 29.9 Å². The van der Waals surface area contributed by atoms with Crippen LogP contribution in [0.15, 0.2) is 30.3 Å². The van der Waals surface area contributed by atoms with E-state index in [0.717, 1.165) is 25.9 Å². The first-order valence-corrected chi connectivity index (χ1v) is 7.49. The molecule has 4 heteroatoms. The number of ketones is 1. The summed E-state index contributed by atoms with van der Waals surface area (Å²) in [5, 5.41) is 2.95. The minimum Gasteiger partial charge on any atom is -0.385 e. The third kappa shape index (κ3) is 4.97. The molecular weight excluding hydrogens is 266 g/mol. The predicted octanol–water partition coefficient (Wildman–Crippen LogP) is 2.58. The zero-order chi connectivity index (χ0) is 15.1. The van der Waals surface area contributed by atoms with E-state index in [2.05, 4.69) is 5.32 Å². The molecule has 2 rings (SSSR count). The zero-order valence-electron chi connectivity index (χ0n) is 12.6. The van der Waals surface area contributed by atoms with Gasteiger partial charge in [-0.25, -0.2) is 0 Å². The second-order valence-electron chi connectivity index (χ2n) is 5.81.